The molecule has 19 heavy (non-hydrogen) atoms. The van der Waals surface area contributed by atoms with E-state index in [1.807, 2.05) is 6.07 Å². The van der Waals surface area contributed by atoms with Gasteiger partial charge in [0.1, 0.15) is 0 Å². The summed E-state index contributed by atoms with van der Waals surface area (Å²) in [7, 11) is 0. The molecule has 2 rings (SSSR count). The molecule has 0 saturated carbocycles. The molecule has 0 bridgehead atoms. The van der Waals surface area contributed by atoms with E-state index in [0.29, 0.717) is 11.8 Å². The Morgan fingerprint density at radius 3 is 2.42 bits per heavy atom. The van der Waals surface area contributed by atoms with Crippen molar-refractivity contribution in [2.75, 3.05) is 5.88 Å². The van der Waals surface area contributed by atoms with Gasteiger partial charge in [-0.05, 0) is 48.6 Å². The van der Waals surface area contributed by atoms with Crippen molar-refractivity contribution in [1.29, 1.82) is 0 Å². The molecule has 2 heteroatoms. The van der Waals surface area contributed by atoms with Crippen LogP contribution in [0.5, 0.6) is 0 Å². The first kappa shape index (κ1) is 14.6. The van der Waals surface area contributed by atoms with Gasteiger partial charge >= 0.3 is 0 Å². The highest BCUT2D eigenvalue weighted by atomic mass is 79.9. The Morgan fingerprint density at radius 2 is 1.79 bits per heavy atom. The van der Waals surface area contributed by atoms with Crippen LogP contribution in [0.2, 0.25) is 0 Å². The molecule has 2 aromatic rings. The molecular weight excluding hydrogens is 320 g/mol. The molecular formula is C17H18BrCl. The summed E-state index contributed by atoms with van der Waals surface area (Å²) in [6, 6.07) is 15.0. The van der Waals surface area contributed by atoms with Crippen molar-refractivity contribution in [2.45, 2.75) is 26.2 Å². The Hall–Kier alpha value is -0.790. The van der Waals surface area contributed by atoms with Crippen LogP contribution >= 0.6 is 27.5 Å². The quantitative estimate of drug-likeness (QED) is 0.634. The van der Waals surface area contributed by atoms with Crippen molar-refractivity contribution in [2.24, 2.45) is 0 Å². The fourth-order valence-electron chi connectivity index (χ4n) is 2.27. The summed E-state index contributed by atoms with van der Waals surface area (Å²) >= 11 is 9.79. The van der Waals surface area contributed by atoms with Crippen LogP contribution in [0.4, 0.5) is 0 Å². The van der Waals surface area contributed by atoms with Gasteiger partial charge in [0.2, 0.25) is 0 Å². The van der Waals surface area contributed by atoms with Crippen LogP contribution in [0, 0.1) is 13.8 Å². The van der Waals surface area contributed by atoms with E-state index >= 15 is 0 Å². The fourth-order valence-corrected chi connectivity index (χ4v) is 3.15. The van der Waals surface area contributed by atoms with Gasteiger partial charge in [0, 0.05) is 16.3 Å². The van der Waals surface area contributed by atoms with E-state index in [1.54, 1.807) is 0 Å². The molecule has 0 aliphatic rings. The monoisotopic (exact) mass is 336 g/mol. The molecule has 0 aliphatic carbocycles. The Kier molecular flexibility index (Phi) is 5.06. The molecule has 1 atom stereocenters. The molecule has 2 aromatic carbocycles. The first-order valence-electron chi connectivity index (χ1n) is 6.48. The highest BCUT2D eigenvalue weighted by Crippen LogP contribution is 2.29. The highest BCUT2D eigenvalue weighted by Gasteiger charge is 2.14. The molecule has 0 heterocycles. The first-order valence-corrected chi connectivity index (χ1v) is 7.81. The van der Waals surface area contributed by atoms with Gasteiger partial charge in [-0.3, -0.25) is 0 Å². The molecule has 0 spiro atoms. The lowest BCUT2D eigenvalue weighted by Gasteiger charge is -2.17. The number of halogens is 2. The molecule has 0 fully saturated rings. The second kappa shape index (κ2) is 6.58. The predicted octanol–water partition coefficient (Wildman–Crippen LogP) is 5.63. The minimum Gasteiger partial charge on any atom is -0.126 e. The van der Waals surface area contributed by atoms with Gasteiger partial charge in [-0.1, -0.05) is 52.3 Å². The molecule has 0 nitrogen and oxygen atoms in total. The number of benzene rings is 2. The Labute approximate surface area is 128 Å². The second-order valence-electron chi connectivity index (χ2n) is 5.00. The van der Waals surface area contributed by atoms with Crippen LogP contribution in [0.25, 0.3) is 0 Å². The molecule has 0 radical (unpaired) electrons. The highest BCUT2D eigenvalue weighted by molar-refractivity contribution is 9.10. The van der Waals surface area contributed by atoms with Crippen LogP contribution in [0.3, 0.4) is 0 Å². The largest absolute Gasteiger partial charge is 0.126 e. The van der Waals surface area contributed by atoms with E-state index in [-0.39, 0.29) is 0 Å². The van der Waals surface area contributed by atoms with Crippen LogP contribution in [0.15, 0.2) is 46.9 Å². The number of hydrogen-bond acceptors (Lipinski definition) is 0. The summed E-state index contributed by atoms with van der Waals surface area (Å²) in [6.45, 7) is 4.30. The van der Waals surface area contributed by atoms with E-state index in [9.17, 15) is 0 Å². The molecule has 100 valence electrons. The summed E-state index contributed by atoms with van der Waals surface area (Å²) in [4.78, 5) is 0. The van der Waals surface area contributed by atoms with Crippen LogP contribution < -0.4 is 0 Å². The smallest absolute Gasteiger partial charge is 0.0295 e. The summed E-state index contributed by atoms with van der Waals surface area (Å²) in [5.41, 5.74) is 5.32. The summed E-state index contributed by atoms with van der Waals surface area (Å²) in [5.74, 6) is 0.981. The van der Waals surface area contributed by atoms with E-state index in [4.69, 9.17) is 11.6 Å². The third-order valence-corrected chi connectivity index (χ3v) is 4.68. The minimum absolute atomic E-state index is 0.347. The standard InChI is InChI=1S/C17H18BrCl/c1-12-7-8-14(9-13(12)2)10-15(11-19)16-5-3-4-6-17(16)18/h3-9,15H,10-11H2,1-2H3. The molecule has 0 amide bonds. The van der Waals surface area contributed by atoms with Crippen LogP contribution in [-0.2, 0) is 6.42 Å². The van der Waals surface area contributed by atoms with Gasteiger partial charge in [-0.25, -0.2) is 0 Å². The lowest BCUT2D eigenvalue weighted by molar-refractivity contribution is 0.761. The lowest BCUT2D eigenvalue weighted by Crippen LogP contribution is -2.06. The Morgan fingerprint density at radius 1 is 1.05 bits per heavy atom. The van der Waals surface area contributed by atoms with Crippen molar-refractivity contribution >= 4 is 27.5 Å². The van der Waals surface area contributed by atoms with E-state index in [2.05, 4.69) is 66.2 Å². The number of rotatable bonds is 4. The van der Waals surface area contributed by atoms with E-state index in [0.717, 1.165) is 10.9 Å². The summed E-state index contributed by atoms with van der Waals surface area (Å²) < 4.78 is 1.14. The van der Waals surface area contributed by atoms with Gasteiger partial charge in [0.05, 0.1) is 0 Å². The Balaban J connectivity index is 2.24. The zero-order valence-electron chi connectivity index (χ0n) is 11.3. The van der Waals surface area contributed by atoms with Gasteiger partial charge in [-0.2, -0.15) is 0 Å². The maximum absolute atomic E-state index is 6.17. The van der Waals surface area contributed by atoms with Gasteiger partial charge < -0.3 is 0 Å². The topological polar surface area (TPSA) is 0 Å². The lowest BCUT2D eigenvalue weighted by atomic mass is 9.92. The SMILES string of the molecule is Cc1ccc(CC(CCl)c2ccccc2Br)cc1C. The van der Waals surface area contributed by atoms with Crippen LogP contribution in [0.1, 0.15) is 28.2 Å². The van der Waals surface area contributed by atoms with Crippen molar-refractivity contribution in [3.05, 3.63) is 69.2 Å². The number of hydrogen-bond donors (Lipinski definition) is 0. The number of aryl methyl sites for hydroxylation is 2. The van der Waals surface area contributed by atoms with Crippen molar-refractivity contribution in [1.82, 2.24) is 0 Å². The average molecular weight is 338 g/mol. The molecule has 0 aliphatic heterocycles. The third-order valence-electron chi connectivity index (χ3n) is 3.58. The van der Waals surface area contributed by atoms with Crippen molar-refractivity contribution in [3.8, 4) is 0 Å². The van der Waals surface area contributed by atoms with Crippen LogP contribution in [-0.4, -0.2) is 5.88 Å². The van der Waals surface area contributed by atoms with Gasteiger partial charge in [0.15, 0.2) is 0 Å². The van der Waals surface area contributed by atoms with Crippen molar-refractivity contribution < 1.29 is 0 Å². The van der Waals surface area contributed by atoms with Gasteiger partial charge in [-0.15, -0.1) is 11.6 Å². The summed E-state index contributed by atoms with van der Waals surface area (Å²) in [6.07, 6.45) is 0.979. The molecule has 0 saturated heterocycles. The van der Waals surface area contributed by atoms with E-state index < -0.39 is 0 Å². The summed E-state index contributed by atoms with van der Waals surface area (Å²) in [5, 5.41) is 0. The van der Waals surface area contributed by atoms with Gasteiger partial charge in [0.25, 0.3) is 0 Å². The fraction of sp³-hybridized carbons (Fsp3) is 0.294. The van der Waals surface area contributed by atoms with Crippen molar-refractivity contribution in [3.63, 3.8) is 0 Å². The maximum atomic E-state index is 6.17. The van der Waals surface area contributed by atoms with E-state index in [1.165, 1.54) is 22.3 Å². The normalized spacial score (nSPS) is 12.4. The molecule has 1 unspecified atom stereocenters. The molecule has 0 aromatic heterocycles. The first-order chi connectivity index (χ1) is 9.11. The number of alkyl halides is 1. The molecule has 0 N–H and O–H groups in total. The third kappa shape index (κ3) is 3.61. The zero-order valence-corrected chi connectivity index (χ0v) is 13.6. The average Bonchev–Trinajstić information content (AvgIpc) is 2.41. The second-order valence-corrected chi connectivity index (χ2v) is 6.16. The maximum Gasteiger partial charge on any atom is 0.0295 e. The zero-order chi connectivity index (χ0) is 13.8. The predicted molar refractivity (Wildman–Crippen MR) is 87.2 cm³/mol. The minimum atomic E-state index is 0.347. The Bertz CT molecular complexity index is 563.